The number of benzene rings is 3. The molecule has 29 heavy (non-hydrogen) atoms. The Kier molecular flexibility index (Phi) is 4.91. The van der Waals surface area contributed by atoms with Crippen molar-refractivity contribution in [1.29, 1.82) is 5.26 Å². The van der Waals surface area contributed by atoms with E-state index in [0.717, 1.165) is 16.8 Å². The molecule has 0 aliphatic rings. The lowest BCUT2D eigenvalue weighted by Crippen LogP contribution is -2.17. The molecule has 0 saturated heterocycles. The highest BCUT2D eigenvalue weighted by atomic mass is 16.2. The topological polar surface area (TPSA) is 70.7 Å². The number of aromatic nitrogens is 2. The molecule has 4 rings (SSSR count). The van der Waals surface area contributed by atoms with Crippen molar-refractivity contribution >= 4 is 11.6 Å². The fourth-order valence-corrected chi connectivity index (χ4v) is 3.14. The van der Waals surface area contributed by atoms with Crippen LogP contribution in [0.1, 0.15) is 21.7 Å². The molecule has 0 unspecified atom stereocenters. The van der Waals surface area contributed by atoms with Gasteiger partial charge < -0.3 is 5.32 Å². The molecule has 1 N–H and O–H groups in total. The molecule has 5 heteroatoms. The minimum atomic E-state index is -0.263. The number of aryl methyl sites for hydroxylation is 1. The number of carbonyl (C=O) groups is 1. The lowest BCUT2D eigenvalue weighted by molar-refractivity contribution is 0.101. The molecule has 0 saturated carbocycles. The van der Waals surface area contributed by atoms with Crippen LogP contribution in [0.2, 0.25) is 0 Å². The van der Waals surface area contributed by atoms with E-state index in [0.29, 0.717) is 22.6 Å². The van der Waals surface area contributed by atoms with Gasteiger partial charge in [0.25, 0.3) is 5.91 Å². The van der Waals surface area contributed by atoms with Crippen molar-refractivity contribution in [2.75, 3.05) is 5.32 Å². The summed E-state index contributed by atoms with van der Waals surface area (Å²) >= 11 is 0. The van der Waals surface area contributed by atoms with Crippen LogP contribution < -0.4 is 5.32 Å². The van der Waals surface area contributed by atoms with E-state index in [9.17, 15) is 4.79 Å². The zero-order valence-electron chi connectivity index (χ0n) is 15.8. The van der Waals surface area contributed by atoms with Crippen LogP contribution in [0.5, 0.6) is 0 Å². The van der Waals surface area contributed by atoms with Crippen molar-refractivity contribution < 1.29 is 4.79 Å². The molecule has 0 radical (unpaired) electrons. The summed E-state index contributed by atoms with van der Waals surface area (Å²) in [7, 11) is 0. The van der Waals surface area contributed by atoms with Gasteiger partial charge >= 0.3 is 0 Å². The molecule has 140 valence electrons. The number of nitriles is 1. The van der Waals surface area contributed by atoms with Gasteiger partial charge in [0.05, 0.1) is 23.0 Å². The summed E-state index contributed by atoms with van der Waals surface area (Å²) in [6.45, 7) is 1.83. The van der Waals surface area contributed by atoms with Gasteiger partial charge in [0.15, 0.2) is 0 Å². The predicted octanol–water partition coefficient (Wildman–Crippen LogP) is 4.97. The molecule has 1 heterocycles. The third-order valence-electron chi connectivity index (χ3n) is 4.53. The van der Waals surface area contributed by atoms with E-state index in [4.69, 9.17) is 5.26 Å². The summed E-state index contributed by atoms with van der Waals surface area (Å²) in [5.74, 6) is -0.263. The fraction of sp³-hybridized carbons (Fsp3) is 0.0417. The second-order valence-corrected chi connectivity index (χ2v) is 6.64. The van der Waals surface area contributed by atoms with Crippen LogP contribution in [0, 0.1) is 18.3 Å². The van der Waals surface area contributed by atoms with Gasteiger partial charge in [-0.25, -0.2) is 4.68 Å². The molecule has 1 amide bonds. The maximum atomic E-state index is 12.9. The van der Waals surface area contributed by atoms with E-state index in [1.165, 1.54) is 0 Å². The van der Waals surface area contributed by atoms with Crippen LogP contribution in [0.4, 0.5) is 5.69 Å². The van der Waals surface area contributed by atoms with Gasteiger partial charge in [-0.1, -0.05) is 48.5 Å². The van der Waals surface area contributed by atoms with Crippen LogP contribution in [-0.4, -0.2) is 15.7 Å². The highest BCUT2D eigenvalue weighted by Gasteiger charge is 2.16. The molecule has 0 aliphatic heterocycles. The lowest BCUT2D eigenvalue weighted by Gasteiger charge is -2.09. The summed E-state index contributed by atoms with van der Waals surface area (Å²) in [4.78, 5) is 12.9. The fourth-order valence-electron chi connectivity index (χ4n) is 3.14. The number of anilines is 1. The molecular weight excluding hydrogens is 360 g/mol. The number of nitrogens with zero attached hydrogens (tertiary/aromatic N) is 3. The zero-order chi connectivity index (χ0) is 20.2. The van der Waals surface area contributed by atoms with Crippen molar-refractivity contribution in [3.63, 3.8) is 0 Å². The van der Waals surface area contributed by atoms with E-state index in [1.807, 2.05) is 67.6 Å². The largest absolute Gasteiger partial charge is 0.321 e. The number of hydrogen-bond acceptors (Lipinski definition) is 3. The second kappa shape index (κ2) is 7.83. The Morgan fingerprint density at radius 3 is 2.38 bits per heavy atom. The van der Waals surface area contributed by atoms with Crippen LogP contribution >= 0.6 is 0 Å². The Hall–Kier alpha value is -4.17. The smallest absolute Gasteiger partial charge is 0.274 e. The van der Waals surface area contributed by atoms with E-state index in [-0.39, 0.29) is 5.91 Å². The Labute approximate surface area is 168 Å². The van der Waals surface area contributed by atoms with Crippen LogP contribution in [0.25, 0.3) is 16.8 Å². The summed E-state index contributed by atoms with van der Waals surface area (Å²) in [6, 6.07) is 28.6. The summed E-state index contributed by atoms with van der Waals surface area (Å²) < 4.78 is 1.56. The number of rotatable bonds is 4. The van der Waals surface area contributed by atoms with Crippen molar-refractivity contribution in [1.82, 2.24) is 9.78 Å². The van der Waals surface area contributed by atoms with E-state index in [1.54, 1.807) is 28.9 Å². The summed E-state index contributed by atoms with van der Waals surface area (Å²) in [6.07, 6.45) is 0. The first kappa shape index (κ1) is 18.2. The van der Waals surface area contributed by atoms with Gasteiger partial charge in [-0.05, 0) is 54.4 Å². The van der Waals surface area contributed by atoms with E-state index < -0.39 is 0 Å². The first-order chi connectivity index (χ1) is 14.1. The molecule has 0 fully saturated rings. The van der Waals surface area contributed by atoms with Gasteiger partial charge in [-0.3, -0.25) is 4.79 Å². The molecule has 1 aromatic heterocycles. The summed E-state index contributed by atoms with van der Waals surface area (Å²) in [5, 5.41) is 16.5. The number of nitrogens with one attached hydrogen (secondary N) is 1. The van der Waals surface area contributed by atoms with Crippen LogP contribution in [0.3, 0.4) is 0 Å². The number of hydrogen-bond donors (Lipinski definition) is 1. The first-order valence-corrected chi connectivity index (χ1v) is 9.18. The highest BCUT2D eigenvalue weighted by molar-refractivity contribution is 6.03. The van der Waals surface area contributed by atoms with Gasteiger partial charge in [-0.2, -0.15) is 10.4 Å². The molecule has 0 aliphatic carbocycles. The molecule has 5 nitrogen and oxygen atoms in total. The third kappa shape index (κ3) is 3.92. The molecule has 0 spiro atoms. The molecule has 3 aromatic carbocycles. The normalized spacial score (nSPS) is 10.3. The van der Waals surface area contributed by atoms with E-state index in [2.05, 4.69) is 16.5 Å². The number of carbonyl (C=O) groups excluding carboxylic acids is 1. The monoisotopic (exact) mass is 378 g/mol. The molecule has 0 atom stereocenters. The SMILES string of the molecule is Cc1cc(C(=O)Nc2ccc(-c3ccccc3)cc2)n(-c2cccc(C#N)c2)n1. The third-order valence-corrected chi connectivity index (χ3v) is 4.53. The first-order valence-electron chi connectivity index (χ1n) is 9.18. The van der Waals surface area contributed by atoms with Crippen molar-refractivity contribution in [2.45, 2.75) is 6.92 Å². The maximum absolute atomic E-state index is 12.9. The Balaban J connectivity index is 1.59. The van der Waals surface area contributed by atoms with Crippen molar-refractivity contribution in [2.24, 2.45) is 0 Å². The standard InChI is InChI=1S/C24H18N4O/c1-17-14-23(28(27-17)22-9-5-6-18(15-22)16-25)24(29)26-21-12-10-20(11-13-21)19-7-3-2-4-8-19/h2-15H,1H3,(H,26,29). The van der Waals surface area contributed by atoms with Gasteiger partial charge in [-0.15, -0.1) is 0 Å². The van der Waals surface area contributed by atoms with E-state index >= 15 is 0 Å². The Morgan fingerprint density at radius 2 is 1.66 bits per heavy atom. The maximum Gasteiger partial charge on any atom is 0.274 e. The molecule has 4 aromatic rings. The molecule has 0 bridgehead atoms. The minimum absolute atomic E-state index is 0.263. The zero-order valence-corrected chi connectivity index (χ0v) is 15.8. The highest BCUT2D eigenvalue weighted by Crippen LogP contribution is 2.22. The lowest BCUT2D eigenvalue weighted by atomic mass is 10.1. The average molecular weight is 378 g/mol. The van der Waals surface area contributed by atoms with Gasteiger partial charge in [0.1, 0.15) is 5.69 Å². The quantitative estimate of drug-likeness (QED) is 0.545. The van der Waals surface area contributed by atoms with Gasteiger partial charge in [0.2, 0.25) is 0 Å². The molecular formula is C24H18N4O. The van der Waals surface area contributed by atoms with Crippen LogP contribution in [-0.2, 0) is 0 Å². The Bertz CT molecular complexity index is 1200. The van der Waals surface area contributed by atoms with Crippen LogP contribution in [0.15, 0.2) is 84.9 Å². The van der Waals surface area contributed by atoms with Crippen molar-refractivity contribution in [3.8, 4) is 22.9 Å². The minimum Gasteiger partial charge on any atom is -0.321 e. The Morgan fingerprint density at radius 1 is 0.931 bits per heavy atom. The van der Waals surface area contributed by atoms with Gasteiger partial charge in [0, 0.05) is 5.69 Å². The predicted molar refractivity (Wildman–Crippen MR) is 113 cm³/mol. The average Bonchev–Trinajstić information content (AvgIpc) is 3.17. The van der Waals surface area contributed by atoms with Crippen molar-refractivity contribution in [3.05, 3.63) is 102 Å². The number of amides is 1. The second-order valence-electron chi connectivity index (χ2n) is 6.64. The summed E-state index contributed by atoms with van der Waals surface area (Å²) in [5.41, 5.74) is 5.21.